The Morgan fingerprint density at radius 3 is 1.56 bits per heavy atom. The van der Waals surface area contributed by atoms with Gasteiger partial charge in [-0.2, -0.15) is 0 Å². The van der Waals surface area contributed by atoms with Gasteiger partial charge in [-0.25, -0.2) is 4.57 Å². The molecule has 0 bridgehead atoms. The molecule has 0 aliphatic rings. The number of benzene rings is 2. The van der Waals surface area contributed by atoms with E-state index in [9.17, 15) is 29.7 Å². The molecule has 0 fully saturated rings. The Hall–Kier alpha value is -2.97. The topological polar surface area (TPSA) is 142 Å². The Morgan fingerprint density at radius 1 is 0.880 bits per heavy atom. The van der Waals surface area contributed by atoms with E-state index in [1.54, 1.807) is 13.8 Å². The number of phosphoric ester groups is 1. The third kappa shape index (κ3) is 4.52. The van der Waals surface area contributed by atoms with Gasteiger partial charge in [0, 0.05) is 12.1 Å². The van der Waals surface area contributed by atoms with E-state index in [1.165, 1.54) is 24.3 Å². The third-order valence-corrected chi connectivity index (χ3v) is 3.91. The molecule has 25 heavy (non-hydrogen) atoms. The molecule has 0 aliphatic carbocycles. The van der Waals surface area contributed by atoms with Gasteiger partial charge in [0.2, 0.25) is 11.5 Å². The van der Waals surface area contributed by atoms with Gasteiger partial charge in [0.25, 0.3) is 0 Å². The van der Waals surface area contributed by atoms with Crippen LogP contribution in [0.1, 0.15) is 11.1 Å². The van der Waals surface area contributed by atoms with Crippen molar-refractivity contribution in [1.82, 2.24) is 0 Å². The van der Waals surface area contributed by atoms with Crippen molar-refractivity contribution in [1.29, 1.82) is 0 Å². The normalized spacial score (nSPS) is 11.0. The molecule has 1 N–H and O–H groups in total. The molecule has 0 unspecified atom stereocenters. The largest absolute Gasteiger partial charge is 0.585 e. The van der Waals surface area contributed by atoms with Crippen LogP contribution >= 0.6 is 7.82 Å². The summed E-state index contributed by atoms with van der Waals surface area (Å²) in [6.45, 7) is 3.20. The summed E-state index contributed by atoms with van der Waals surface area (Å²) in [4.78, 5) is 30.3. The van der Waals surface area contributed by atoms with Gasteiger partial charge in [-0.15, -0.1) is 0 Å². The summed E-state index contributed by atoms with van der Waals surface area (Å²) in [5.41, 5.74) is 0.00806. The van der Waals surface area contributed by atoms with E-state index < -0.39 is 40.5 Å². The zero-order chi connectivity index (χ0) is 18.8. The van der Waals surface area contributed by atoms with Crippen LogP contribution < -0.4 is 9.05 Å². The molecule has 0 heterocycles. The maximum Gasteiger partial charge on any atom is 0.585 e. The summed E-state index contributed by atoms with van der Waals surface area (Å²) in [5, 5.41) is 22.0. The van der Waals surface area contributed by atoms with Gasteiger partial charge in [-0.3, -0.25) is 25.1 Å². The minimum absolute atomic E-state index is 0.480. The highest BCUT2D eigenvalue weighted by molar-refractivity contribution is 7.48. The van der Waals surface area contributed by atoms with Gasteiger partial charge in [0.05, 0.1) is 9.85 Å². The fraction of sp³-hybridized carbons (Fsp3) is 0.143. The van der Waals surface area contributed by atoms with Gasteiger partial charge < -0.3 is 9.05 Å². The average Bonchev–Trinajstić information content (AvgIpc) is 2.45. The monoisotopic (exact) mass is 368 g/mol. The maximum absolute atomic E-state index is 12.2. The number of hydrogen-bond acceptors (Lipinski definition) is 7. The molecular formula is C14H13N2O8P. The van der Waals surface area contributed by atoms with Crippen molar-refractivity contribution in [2.45, 2.75) is 13.8 Å². The molecule has 0 atom stereocenters. The van der Waals surface area contributed by atoms with E-state index in [2.05, 4.69) is 0 Å². The summed E-state index contributed by atoms with van der Waals surface area (Å²) in [7, 11) is -4.92. The first-order valence-electron chi connectivity index (χ1n) is 6.81. The summed E-state index contributed by atoms with van der Waals surface area (Å²) in [5.74, 6) is -0.961. The van der Waals surface area contributed by atoms with E-state index in [0.29, 0.717) is 11.1 Å². The first kappa shape index (κ1) is 18.4. The summed E-state index contributed by atoms with van der Waals surface area (Å²) < 4.78 is 21.7. The first-order chi connectivity index (χ1) is 11.6. The highest BCUT2D eigenvalue weighted by Crippen LogP contribution is 2.49. The number of phosphoric acid groups is 1. The smallest absolute Gasteiger partial charge is 0.388 e. The van der Waals surface area contributed by atoms with Crippen LogP contribution in [0.3, 0.4) is 0 Å². The van der Waals surface area contributed by atoms with E-state index in [0.717, 1.165) is 12.1 Å². The summed E-state index contributed by atoms with van der Waals surface area (Å²) in [6, 6.07) is 7.46. The van der Waals surface area contributed by atoms with E-state index in [-0.39, 0.29) is 0 Å². The standard InChI is InChI=1S/C14H13N2O8P/c1-9-3-5-11(15(17)18)13(7-9)23-25(21,22)24-14-8-10(2)4-6-12(14)16(19)20/h3-8H,1-2H3,(H,21,22). The van der Waals surface area contributed by atoms with Crippen molar-refractivity contribution >= 4 is 19.2 Å². The molecular weight excluding hydrogens is 355 g/mol. The van der Waals surface area contributed by atoms with Gasteiger partial charge in [-0.05, 0) is 37.1 Å². The van der Waals surface area contributed by atoms with Crippen LogP contribution in [0.2, 0.25) is 0 Å². The Bertz CT molecular complexity index is 829. The van der Waals surface area contributed by atoms with Crippen LogP contribution in [0.15, 0.2) is 36.4 Å². The molecule has 2 rings (SSSR count). The lowest BCUT2D eigenvalue weighted by Gasteiger charge is -2.14. The fourth-order valence-corrected chi connectivity index (χ4v) is 2.78. The number of hydrogen-bond donors (Lipinski definition) is 1. The molecule has 11 heteroatoms. The van der Waals surface area contributed by atoms with Crippen molar-refractivity contribution in [3.05, 3.63) is 67.8 Å². The average molecular weight is 368 g/mol. The lowest BCUT2D eigenvalue weighted by Crippen LogP contribution is -2.04. The van der Waals surface area contributed by atoms with Crippen LogP contribution in [0.5, 0.6) is 11.5 Å². The van der Waals surface area contributed by atoms with Crippen LogP contribution in [0.25, 0.3) is 0 Å². The minimum atomic E-state index is -4.92. The number of rotatable bonds is 6. The zero-order valence-corrected chi connectivity index (χ0v) is 14.0. The quantitative estimate of drug-likeness (QED) is 0.462. The molecule has 2 aromatic carbocycles. The molecule has 10 nitrogen and oxygen atoms in total. The van der Waals surface area contributed by atoms with E-state index in [4.69, 9.17) is 9.05 Å². The predicted octanol–water partition coefficient (Wildman–Crippen LogP) is 3.68. The SMILES string of the molecule is Cc1ccc([N+](=O)[O-])c(OP(=O)(O)Oc2cc(C)ccc2[N+](=O)[O-])c1. The van der Waals surface area contributed by atoms with Gasteiger partial charge in [0.1, 0.15) is 0 Å². The Morgan fingerprint density at radius 2 is 1.24 bits per heavy atom. The molecule has 0 aromatic heterocycles. The summed E-state index contributed by atoms with van der Waals surface area (Å²) >= 11 is 0. The van der Waals surface area contributed by atoms with Crippen molar-refractivity contribution < 1.29 is 28.4 Å². The van der Waals surface area contributed by atoms with Crippen molar-refractivity contribution in [3.8, 4) is 11.5 Å². The number of nitrogens with zero attached hydrogens (tertiary/aromatic N) is 2. The van der Waals surface area contributed by atoms with Crippen molar-refractivity contribution in [2.24, 2.45) is 0 Å². The first-order valence-corrected chi connectivity index (χ1v) is 8.30. The number of aryl methyl sites for hydroxylation is 2. The second-order valence-corrected chi connectivity index (χ2v) is 6.41. The van der Waals surface area contributed by atoms with Crippen LogP contribution in [0, 0.1) is 34.1 Å². The molecule has 0 aliphatic heterocycles. The second kappa shape index (κ2) is 6.88. The van der Waals surface area contributed by atoms with Gasteiger partial charge in [-0.1, -0.05) is 12.1 Å². The number of nitro groups is 2. The third-order valence-electron chi connectivity index (χ3n) is 3.05. The molecule has 0 saturated carbocycles. The highest BCUT2D eigenvalue weighted by atomic mass is 31.2. The van der Waals surface area contributed by atoms with Gasteiger partial charge in [0.15, 0.2) is 0 Å². The van der Waals surface area contributed by atoms with E-state index >= 15 is 0 Å². The minimum Gasteiger partial charge on any atom is -0.388 e. The van der Waals surface area contributed by atoms with E-state index in [1.807, 2.05) is 0 Å². The summed E-state index contributed by atoms with van der Waals surface area (Å²) in [6.07, 6.45) is 0. The molecule has 132 valence electrons. The molecule has 0 saturated heterocycles. The highest BCUT2D eigenvalue weighted by Gasteiger charge is 2.32. The van der Waals surface area contributed by atoms with Crippen LogP contribution in [0.4, 0.5) is 11.4 Å². The van der Waals surface area contributed by atoms with Crippen LogP contribution in [-0.2, 0) is 4.57 Å². The molecule has 0 spiro atoms. The van der Waals surface area contributed by atoms with Crippen molar-refractivity contribution in [3.63, 3.8) is 0 Å². The molecule has 0 amide bonds. The predicted molar refractivity (Wildman–Crippen MR) is 86.7 cm³/mol. The zero-order valence-electron chi connectivity index (χ0n) is 13.1. The van der Waals surface area contributed by atoms with Crippen molar-refractivity contribution in [2.75, 3.05) is 0 Å². The molecule has 0 radical (unpaired) electrons. The number of nitro benzene ring substituents is 2. The van der Waals surface area contributed by atoms with Gasteiger partial charge >= 0.3 is 19.2 Å². The lowest BCUT2D eigenvalue weighted by molar-refractivity contribution is -0.385. The Labute approximate surface area is 141 Å². The Balaban J connectivity index is 2.37. The Kier molecular flexibility index (Phi) is 5.05. The lowest BCUT2D eigenvalue weighted by atomic mass is 10.2. The second-order valence-electron chi connectivity index (χ2n) is 5.11. The van der Waals surface area contributed by atoms with Crippen LogP contribution in [-0.4, -0.2) is 14.7 Å². The fourth-order valence-electron chi connectivity index (χ4n) is 1.96. The molecule has 2 aromatic rings. The maximum atomic E-state index is 12.2.